The van der Waals surface area contributed by atoms with E-state index in [1.165, 1.54) is 25.7 Å². The second-order valence-electron chi connectivity index (χ2n) is 6.10. The lowest BCUT2D eigenvalue weighted by Gasteiger charge is -2.33. The summed E-state index contributed by atoms with van der Waals surface area (Å²) in [6, 6.07) is -0.340. The highest BCUT2D eigenvalue weighted by atomic mass is 16.4. The zero-order chi connectivity index (χ0) is 15.6. The molecule has 0 radical (unpaired) electrons. The van der Waals surface area contributed by atoms with Gasteiger partial charge in [0.2, 0.25) is 0 Å². The minimum absolute atomic E-state index is 0.340. The van der Waals surface area contributed by atoms with Crippen LogP contribution in [0.25, 0.3) is 0 Å². The van der Waals surface area contributed by atoms with Crippen molar-refractivity contribution < 1.29 is 14.7 Å². The number of hydrogen-bond donors (Lipinski definition) is 3. The molecule has 21 heavy (non-hydrogen) atoms. The number of carboxylic acids is 1. The molecule has 1 saturated carbocycles. The standard InChI is InChI=1S/C16H30N2O3/c1-2-3-4-5-6-10-13-17-15(21)18-16(14(19)20)11-8-7-9-12-16/h2-13H2,1H3,(H,19,20)(H2,17,18,21). The van der Waals surface area contributed by atoms with Gasteiger partial charge in [-0.25, -0.2) is 9.59 Å². The van der Waals surface area contributed by atoms with Gasteiger partial charge in [-0.05, 0) is 19.3 Å². The molecule has 0 spiro atoms. The van der Waals surface area contributed by atoms with E-state index in [-0.39, 0.29) is 6.03 Å². The minimum atomic E-state index is -1.05. The van der Waals surface area contributed by atoms with Gasteiger partial charge in [0, 0.05) is 6.54 Å². The monoisotopic (exact) mass is 298 g/mol. The molecule has 5 nitrogen and oxygen atoms in total. The van der Waals surface area contributed by atoms with Gasteiger partial charge in [-0.15, -0.1) is 0 Å². The Balaban J connectivity index is 2.21. The molecule has 3 N–H and O–H groups in total. The van der Waals surface area contributed by atoms with Gasteiger partial charge >= 0.3 is 12.0 Å². The molecule has 122 valence electrons. The molecule has 0 aromatic rings. The Labute approximate surface area is 127 Å². The summed E-state index contributed by atoms with van der Waals surface area (Å²) in [6.07, 6.45) is 10.9. The fraction of sp³-hybridized carbons (Fsp3) is 0.875. The van der Waals surface area contributed by atoms with Crippen LogP contribution in [0, 0.1) is 0 Å². The second kappa shape index (κ2) is 9.64. The summed E-state index contributed by atoms with van der Waals surface area (Å²) in [4.78, 5) is 23.3. The van der Waals surface area contributed by atoms with Crippen molar-refractivity contribution in [2.24, 2.45) is 0 Å². The number of nitrogens with one attached hydrogen (secondary N) is 2. The SMILES string of the molecule is CCCCCCCCNC(=O)NC1(C(=O)O)CCCCC1. The Morgan fingerprint density at radius 1 is 1.00 bits per heavy atom. The summed E-state index contributed by atoms with van der Waals surface area (Å²) >= 11 is 0. The van der Waals surface area contributed by atoms with Crippen LogP contribution in [0.4, 0.5) is 4.79 Å². The highest BCUT2D eigenvalue weighted by Crippen LogP contribution is 2.28. The van der Waals surface area contributed by atoms with Crippen LogP contribution in [0.5, 0.6) is 0 Å². The van der Waals surface area contributed by atoms with Crippen molar-refractivity contribution in [1.29, 1.82) is 0 Å². The van der Waals surface area contributed by atoms with E-state index in [1.54, 1.807) is 0 Å². The molecular weight excluding hydrogens is 268 g/mol. The molecule has 0 aliphatic heterocycles. The van der Waals surface area contributed by atoms with Crippen molar-refractivity contribution in [3.63, 3.8) is 0 Å². The summed E-state index contributed by atoms with van der Waals surface area (Å²) in [5, 5.41) is 14.9. The van der Waals surface area contributed by atoms with E-state index < -0.39 is 11.5 Å². The van der Waals surface area contributed by atoms with Gasteiger partial charge < -0.3 is 15.7 Å². The van der Waals surface area contributed by atoms with Gasteiger partial charge in [0.05, 0.1) is 0 Å². The Kier molecular flexibility index (Phi) is 8.16. The van der Waals surface area contributed by atoms with Gasteiger partial charge in [0.15, 0.2) is 0 Å². The zero-order valence-electron chi connectivity index (χ0n) is 13.2. The number of carbonyl (C=O) groups excluding carboxylic acids is 1. The third kappa shape index (κ3) is 6.36. The number of hydrogen-bond acceptors (Lipinski definition) is 2. The molecule has 5 heteroatoms. The highest BCUT2D eigenvalue weighted by molar-refractivity contribution is 5.86. The minimum Gasteiger partial charge on any atom is -0.480 e. The molecule has 1 aliphatic rings. The number of urea groups is 1. The number of unbranched alkanes of at least 4 members (excludes halogenated alkanes) is 5. The molecule has 0 bridgehead atoms. The van der Waals surface area contributed by atoms with Gasteiger partial charge in [-0.3, -0.25) is 0 Å². The first-order chi connectivity index (χ1) is 10.1. The predicted molar refractivity (Wildman–Crippen MR) is 83.4 cm³/mol. The van der Waals surface area contributed by atoms with Gasteiger partial charge in [0.25, 0.3) is 0 Å². The smallest absolute Gasteiger partial charge is 0.329 e. The van der Waals surface area contributed by atoms with Crippen molar-refractivity contribution in [2.75, 3.05) is 6.54 Å². The maximum absolute atomic E-state index is 11.9. The van der Waals surface area contributed by atoms with Gasteiger partial charge in [0.1, 0.15) is 5.54 Å². The third-order valence-corrected chi connectivity index (χ3v) is 4.29. The molecule has 2 amide bonds. The highest BCUT2D eigenvalue weighted by Gasteiger charge is 2.40. The van der Waals surface area contributed by atoms with Crippen molar-refractivity contribution >= 4 is 12.0 Å². The van der Waals surface area contributed by atoms with Crippen LogP contribution < -0.4 is 10.6 Å². The summed E-state index contributed by atoms with van der Waals surface area (Å²) in [5.41, 5.74) is -1.05. The van der Waals surface area contributed by atoms with E-state index in [4.69, 9.17) is 0 Å². The van der Waals surface area contributed by atoms with Crippen molar-refractivity contribution in [3.8, 4) is 0 Å². The van der Waals surface area contributed by atoms with Crippen LogP contribution in [-0.4, -0.2) is 29.2 Å². The molecular formula is C16H30N2O3. The van der Waals surface area contributed by atoms with Crippen LogP contribution in [-0.2, 0) is 4.79 Å². The zero-order valence-corrected chi connectivity index (χ0v) is 13.2. The number of rotatable bonds is 9. The molecule has 0 atom stereocenters. The predicted octanol–water partition coefficient (Wildman–Crippen LogP) is 3.43. The van der Waals surface area contributed by atoms with Crippen LogP contribution in [0.1, 0.15) is 77.6 Å². The summed E-state index contributed by atoms with van der Waals surface area (Å²) in [5.74, 6) is -0.906. The van der Waals surface area contributed by atoms with E-state index in [0.29, 0.717) is 19.4 Å². The van der Waals surface area contributed by atoms with Crippen molar-refractivity contribution in [3.05, 3.63) is 0 Å². The first-order valence-electron chi connectivity index (χ1n) is 8.40. The van der Waals surface area contributed by atoms with E-state index in [9.17, 15) is 14.7 Å². The normalized spacial score (nSPS) is 17.2. The van der Waals surface area contributed by atoms with Crippen LogP contribution in [0.2, 0.25) is 0 Å². The number of aliphatic carboxylic acids is 1. The quantitative estimate of drug-likeness (QED) is 0.571. The molecule has 0 unspecified atom stereocenters. The summed E-state index contributed by atoms with van der Waals surface area (Å²) < 4.78 is 0. The molecule has 1 rings (SSSR count). The van der Waals surface area contributed by atoms with E-state index in [1.807, 2.05) is 0 Å². The fourth-order valence-electron chi connectivity index (χ4n) is 2.92. The molecule has 1 aliphatic carbocycles. The number of carboxylic acid groups (broad SMARTS) is 1. The molecule has 0 heterocycles. The molecule has 0 saturated heterocycles. The van der Waals surface area contributed by atoms with Crippen LogP contribution in [0.3, 0.4) is 0 Å². The molecule has 0 aromatic carbocycles. The van der Waals surface area contributed by atoms with E-state index in [0.717, 1.165) is 32.1 Å². The molecule has 1 fully saturated rings. The van der Waals surface area contributed by atoms with Crippen molar-refractivity contribution in [2.45, 2.75) is 83.1 Å². The average Bonchev–Trinajstić information content (AvgIpc) is 2.47. The average molecular weight is 298 g/mol. The Hall–Kier alpha value is -1.26. The van der Waals surface area contributed by atoms with E-state index in [2.05, 4.69) is 17.6 Å². The van der Waals surface area contributed by atoms with Crippen LogP contribution in [0.15, 0.2) is 0 Å². The summed E-state index contributed by atoms with van der Waals surface area (Å²) in [6.45, 7) is 2.81. The topological polar surface area (TPSA) is 78.4 Å². The van der Waals surface area contributed by atoms with Crippen molar-refractivity contribution in [1.82, 2.24) is 10.6 Å². The molecule has 0 aromatic heterocycles. The van der Waals surface area contributed by atoms with Gasteiger partial charge in [-0.1, -0.05) is 58.3 Å². The third-order valence-electron chi connectivity index (χ3n) is 4.29. The fourth-order valence-corrected chi connectivity index (χ4v) is 2.92. The lowest BCUT2D eigenvalue weighted by Crippen LogP contribution is -2.58. The van der Waals surface area contributed by atoms with Gasteiger partial charge in [-0.2, -0.15) is 0 Å². The second-order valence-corrected chi connectivity index (χ2v) is 6.10. The maximum atomic E-state index is 11.9. The Bertz CT molecular complexity index is 325. The summed E-state index contributed by atoms with van der Waals surface area (Å²) in [7, 11) is 0. The van der Waals surface area contributed by atoms with E-state index >= 15 is 0 Å². The van der Waals surface area contributed by atoms with Crippen LogP contribution >= 0.6 is 0 Å². The lowest BCUT2D eigenvalue weighted by atomic mass is 9.82. The largest absolute Gasteiger partial charge is 0.480 e. The number of carbonyl (C=O) groups is 2. The maximum Gasteiger partial charge on any atom is 0.329 e. The number of amides is 2. The Morgan fingerprint density at radius 2 is 1.62 bits per heavy atom. The lowest BCUT2D eigenvalue weighted by molar-refractivity contribution is -0.145. The first kappa shape index (κ1) is 17.8. The first-order valence-corrected chi connectivity index (χ1v) is 8.40. The Morgan fingerprint density at radius 3 is 2.24 bits per heavy atom.